The molecule has 2 amide bonds. The summed E-state index contributed by atoms with van der Waals surface area (Å²) in [5.41, 5.74) is 0.917. The lowest BCUT2D eigenvalue weighted by Gasteiger charge is -2.22. The highest BCUT2D eigenvalue weighted by Crippen LogP contribution is 2.15. The van der Waals surface area contributed by atoms with Gasteiger partial charge >= 0.3 is 11.8 Å². The number of methoxy groups -OCH3 is 1. The van der Waals surface area contributed by atoms with Crippen LogP contribution < -0.4 is 15.4 Å². The normalized spacial score (nSPS) is 17.7. The number of nitrogens with zero attached hydrogens (tertiary/aromatic N) is 1. The molecule has 1 aromatic rings. The molecular formula is C17H25N3O3. The number of carbonyl (C=O) groups excluding carboxylic acids is 2. The topological polar surface area (TPSA) is 70.7 Å². The SMILES string of the molecule is CCN1CCC[C@@H]1CNC(=O)C(=O)NCc1ccc(OC)cc1. The molecule has 23 heavy (non-hydrogen) atoms. The molecule has 0 spiro atoms. The van der Waals surface area contributed by atoms with Gasteiger partial charge in [0, 0.05) is 19.1 Å². The van der Waals surface area contributed by atoms with Crippen LogP contribution in [0.5, 0.6) is 5.75 Å². The minimum absolute atomic E-state index is 0.320. The molecule has 0 bridgehead atoms. The molecule has 1 heterocycles. The number of nitrogens with one attached hydrogen (secondary N) is 2. The van der Waals surface area contributed by atoms with E-state index in [1.54, 1.807) is 7.11 Å². The molecule has 0 aliphatic carbocycles. The Morgan fingerprint density at radius 1 is 1.22 bits per heavy atom. The summed E-state index contributed by atoms with van der Waals surface area (Å²) in [5, 5.41) is 5.36. The summed E-state index contributed by atoms with van der Waals surface area (Å²) < 4.78 is 5.08. The van der Waals surface area contributed by atoms with Crippen molar-refractivity contribution in [2.75, 3.05) is 26.7 Å². The zero-order valence-electron chi connectivity index (χ0n) is 13.8. The summed E-state index contributed by atoms with van der Waals surface area (Å²) >= 11 is 0. The van der Waals surface area contributed by atoms with Gasteiger partial charge in [0.05, 0.1) is 7.11 Å². The Bertz CT molecular complexity index is 530. The van der Waals surface area contributed by atoms with Gasteiger partial charge in [-0.3, -0.25) is 14.5 Å². The van der Waals surface area contributed by atoms with Gasteiger partial charge in [-0.1, -0.05) is 19.1 Å². The van der Waals surface area contributed by atoms with Gasteiger partial charge in [-0.25, -0.2) is 0 Å². The van der Waals surface area contributed by atoms with E-state index in [1.807, 2.05) is 24.3 Å². The lowest BCUT2D eigenvalue weighted by Crippen LogP contribution is -2.45. The largest absolute Gasteiger partial charge is 0.497 e. The van der Waals surface area contributed by atoms with Crippen molar-refractivity contribution in [3.8, 4) is 5.75 Å². The number of benzene rings is 1. The minimum atomic E-state index is -0.595. The van der Waals surface area contributed by atoms with Gasteiger partial charge in [0.15, 0.2) is 0 Å². The second-order valence-electron chi connectivity index (χ2n) is 5.67. The fourth-order valence-corrected chi connectivity index (χ4v) is 2.84. The van der Waals surface area contributed by atoms with Crippen molar-refractivity contribution in [3.05, 3.63) is 29.8 Å². The van der Waals surface area contributed by atoms with Gasteiger partial charge in [0.1, 0.15) is 5.75 Å². The van der Waals surface area contributed by atoms with Gasteiger partial charge in [-0.2, -0.15) is 0 Å². The quantitative estimate of drug-likeness (QED) is 0.765. The summed E-state index contributed by atoms with van der Waals surface area (Å²) in [7, 11) is 1.60. The molecular weight excluding hydrogens is 294 g/mol. The van der Waals surface area contributed by atoms with E-state index in [0.717, 1.165) is 37.2 Å². The summed E-state index contributed by atoms with van der Waals surface area (Å²) in [6, 6.07) is 7.70. The molecule has 126 valence electrons. The molecule has 1 fully saturated rings. The molecule has 0 unspecified atom stereocenters. The first-order valence-electron chi connectivity index (χ1n) is 8.07. The molecule has 0 radical (unpaired) electrons. The third kappa shape index (κ3) is 4.96. The standard InChI is InChI=1S/C17H25N3O3/c1-3-20-10-4-5-14(20)12-19-17(22)16(21)18-11-13-6-8-15(23-2)9-7-13/h6-9,14H,3-5,10-12H2,1-2H3,(H,18,21)(H,19,22)/t14-/m1/s1. The third-order valence-corrected chi connectivity index (χ3v) is 4.22. The predicted octanol–water partition coefficient (Wildman–Crippen LogP) is 0.912. The minimum Gasteiger partial charge on any atom is -0.497 e. The first-order valence-corrected chi connectivity index (χ1v) is 8.07. The summed E-state index contributed by atoms with van der Waals surface area (Å²) in [6.45, 7) is 5.01. The predicted molar refractivity (Wildman–Crippen MR) is 88.1 cm³/mol. The Kier molecular flexibility index (Phi) is 6.40. The van der Waals surface area contributed by atoms with Crippen LogP contribution in [0.15, 0.2) is 24.3 Å². The number of likely N-dealkylation sites (tertiary alicyclic amines) is 1. The van der Waals surface area contributed by atoms with Crippen LogP contribution >= 0.6 is 0 Å². The highest BCUT2D eigenvalue weighted by Gasteiger charge is 2.24. The fourth-order valence-electron chi connectivity index (χ4n) is 2.84. The molecule has 0 aromatic heterocycles. The van der Waals surface area contributed by atoms with Crippen LogP contribution in [0.3, 0.4) is 0 Å². The van der Waals surface area contributed by atoms with Gasteiger partial charge in [-0.05, 0) is 43.6 Å². The van der Waals surface area contributed by atoms with Crippen LogP contribution in [0.25, 0.3) is 0 Å². The highest BCUT2D eigenvalue weighted by atomic mass is 16.5. The third-order valence-electron chi connectivity index (χ3n) is 4.22. The molecule has 1 aliphatic rings. The van der Waals surface area contributed by atoms with Crippen LogP contribution in [0.1, 0.15) is 25.3 Å². The number of ether oxygens (including phenoxy) is 1. The van der Waals surface area contributed by atoms with Crippen molar-refractivity contribution < 1.29 is 14.3 Å². The van der Waals surface area contributed by atoms with E-state index in [0.29, 0.717) is 19.1 Å². The zero-order valence-corrected chi connectivity index (χ0v) is 13.8. The molecule has 0 saturated carbocycles. The summed E-state index contributed by atoms with van der Waals surface area (Å²) in [6.07, 6.45) is 2.22. The zero-order chi connectivity index (χ0) is 16.7. The first-order chi connectivity index (χ1) is 11.1. The van der Waals surface area contributed by atoms with Crippen molar-refractivity contribution in [2.24, 2.45) is 0 Å². The van der Waals surface area contributed by atoms with E-state index in [4.69, 9.17) is 4.74 Å². The highest BCUT2D eigenvalue weighted by molar-refractivity contribution is 6.35. The summed E-state index contributed by atoms with van der Waals surface area (Å²) in [5.74, 6) is -0.404. The van der Waals surface area contributed by atoms with Crippen LogP contribution in [-0.4, -0.2) is 49.5 Å². The van der Waals surface area contributed by atoms with Gasteiger partial charge in [-0.15, -0.1) is 0 Å². The van der Waals surface area contributed by atoms with E-state index in [1.165, 1.54) is 0 Å². The fraction of sp³-hybridized carbons (Fsp3) is 0.529. The number of carbonyl (C=O) groups is 2. The van der Waals surface area contributed by atoms with Crippen LogP contribution in [0.2, 0.25) is 0 Å². The van der Waals surface area contributed by atoms with Crippen molar-refractivity contribution in [3.63, 3.8) is 0 Å². The molecule has 2 rings (SSSR count). The maximum Gasteiger partial charge on any atom is 0.309 e. The molecule has 2 N–H and O–H groups in total. The van der Waals surface area contributed by atoms with E-state index < -0.39 is 11.8 Å². The van der Waals surface area contributed by atoms with Crippen molar-refractivity contribution in [1.29, 1.82) is 0 Å². The monoisotopic (exact) mass is 319 g/mol. The number of amides is 2. The lowest BCUT2D eigenvalue weighted by molar-refractivity contribution is -0.139. The Balaban J connectivity index is 1.73. The molecule has 1 aliphatic heterocycles. The Morgan fingerprint density at radius 2 is 1.91 bits per heavy atom. The van der Waals surface area contributed by atoms with Gasteiger partial charge in [0.2, 0.25) is 0 Å². The van der Waals surface area contributed by atoms with E-state index in [-0.39, 0.29) is 0 Å². The number of rotatable bonds is 6. The maximum atomic E-state index is 11.9. The number of hydrogen-bond donors (Lipinski definition) is 2. The van der Waals surface area contributed by atoms with Crippen molar-refractivity contribution >= 4 is 11.8 Å². The number of likely N-dealkylation sites (N-methyl/N-ethyl adjacent to an activating group) is 1. The summed E-state index contributed by atoms with van der Waals surface area (Å²) in [4.78, 5) is 26.0. The molecule has 1 atom stereocenters. The van der Waals surface area contributed by atoms with Crippen LogP contribution in [-0.2, 0) is 16.1 Å². The average Bonchev–Trinajstić information content (AvgIpc) is 3.05. The van der Waals surface area contributed by atoms with Crippen LogP contribution in [0, 0.1) is 0 Å². The lowest BCUT2D eigenvalue weighted by atomic mass is 10.2. The van der Waals surface area contributed by atoms with Crippen LogP contribution in [0.4, 0.5) is 0 Å². The van der Waals surface area contributed by atoms with E-state index in [9.17, 15) is 9.59 Å². The second-order valence-corrected chi connectivity index (χ2v) is 5.67. The maximum absolute atomic E-state index is 11.9. The Hall–Kier alpha value is -2.08. The van der Waals surface area contributed by atoms with Gasteiger partial charge < -0.3 is 15.4 Å². The van der Waals surface area contributed by atoms with Crippen molar-refractivity contribution in [1.82, 2.24) is 15.5 Å². The molecule has 1 saturated heterocycles. The smallest absolute Gasteiger partial charge is 0.309 e. The van der Waals surface area contributed by atoms with E-state index in [2.05, 4.69) is 22.5 Å². The van der Waals surface area contributed by atoms with E-state index >= 15 is 0 Å². The van der Waals surface area contributed by atoms with Crippen molar-refractivity contribution in [2.45, 2.75) is 32.4 Å². The molecule has 1 aromatic carbocycles. The second kappa shape index (κ2) is 8.53. The average molecular weight is 319 g/mol. The Morgan fingerprint density at radius 3 is 2.57 bits per heavy atom. The molecule has 6 heteroatoms. The molecule has 6 nitrogen and oxygen atoms in total. The number of hydrogen-bond acceptors (Lipinski definition) is 4. The Labute approximate surface area is 137 Å². The first kappa shape index (κ1) is 17.3. The van der Waals surface area contributed by atoms with Gasteiger partial charge in [0.25, 0.3) is 0 Å².